The number of imidazole rings is 1. The van der Waals surface area contributed by atoms with Crippen molar-refractivity contribution in [2.45, 2.75) is 6.42 Å². The molecule has 1 N–H and O–H groups in total. The highest BCUT2D eigenvalue weighted by Gasteiger charge is 2.06. The van der Waals surface area contributed by atoms with Crippen molar-refractivity contribution in [2.24, 2.45) is 7.05 Å². The number of aromatic nitrogens is 3. The number of thiophene rings is 1. The maximum atomic E-state index is 4.38. The van der Waals surface area contributed by atoms with Crippen molar-refractivity contribution in [3.63, 3.8) is 0 Å². The Morgan fingerprint density at radius 2 is 2.21 bits per heavy atom. The average molecular weight is 337 g/mol. The van der Waals surface area contributed by atoms with Crippen LogP contribution in [0.3, 0.4) is 0 Å². The molecule has 0 aliphatic carbocycles. The number of hydrogen-bond acceptors (Lipinski definition) is 4. The van der Waals surface area contributed by atoms with E-state index in [1.807, 2.05) is 30.2 Å². The van der Waals surface area contributed by atoms with Crippen LogP contribution in [0.2, 0.25) is 0 Å². The van der Waals surface area contributed by atoms with Crippen LogP contribution in [0, 0.1) is 0 Å². The number of nitrogens with zero attached hydrogens (tertiary/aromatic N) is 3. The van der Waals surface area contributed by atoms with Gasteiger partial charge in [-0.15, -0.1) is 11.3 Å². The zero-order valence-corrected chi connectivity index (χ0v) is 12.8. The molecule has 0 bridgehead atoms. The molecule has 0 aliphatic heterocycles. The quantitative estimate of drug-likeness (QED) is 0.793. The molecule has 0 aromatic carbocycles. The van der Waals surface area contributed by atoms with Crippen molar-refractivity contribution >= 4 is 44.1 Å². The second-order valence-electron chi connectivity index (χ2n) is 4.27. The van der Waals surface area contributed by atoms with Gasteiger partial charge in [-0.2, -0.15) is 0 Å². The Morgan fingerprint density at radius 3 is 3.00 bits per heavy atom. The van der Waals surface area contributed by atoms with Gasteiger partial charge in [0.05, 0.1) is 15.6 Å². The van der Waals surface area contributed by atoms with Crippen molar-refractivity contribution < 1.29 is 0 Å². The van der Waals surface area contributed by atoms with E-state index < -0.39 is 0 Å². The maximum absolute atomic E-state index is 4.38. The molecule has 0 fully saturated rings. The average Bonchev–Trinajstić information content (AvgIpc) is 2.98. The molecule has 3 aromatic rings. The van der Waals surface area contributed by atoms with E-state index in [4.69, 9.17) is 0 Å². The lowest BCUT2D eigenvalue weighted by Gasteiger charge is -2.05. The molecule has 3 aromatic heterocycles. The normalized spacial score (nSPS) is 11.1. The van der Waals surface area contributed by atoms with E-state index in [-0.39, 0.29) is 0 Å². The van der Waals surface area contributed by atoms with E-state index in [1.165, 1.54) is 8.66 Å². The first kappa shape index (κ1) is 12.6. The second-order valence-corrected chi connectivity index (χ2v) is 6.81. The lowest BCUT2D eigenvalue weighted by molar-refractivity contribution is 0.947. The predicted octanol–water partition coefficient (Wildman–Crippen LogP) is 3.45. The van der Waals surface area contributed by atoms with Crippen molar-refractivity contribution in [3.8, 4) is 0 Å². The maximum Gasteiger partial charge on any atom is 0.154 e. The number of aryl methyl sites for hydroxylation is 1. The molecule has 0 aliphatic rings. The number of pyridine rings is 1. The highest BCUT2D eigenvalue weighted by atomic mass is 79.9. The zero-order valence-electron chi connectivity index (χ0n) is 10.4. The summed E-state index contributed by atoms with van der Waals surface area (Å²) in [6, 6.07) is 6.20. The van der Waals surface area contributed by atoms with Crippen LogP contribution in [0.25, 0.3) is 11.0 Å². The number of halogens is 1. The molecular formula is C13H13BrN4S. The third-order valence-corrected chi connectivity index (χ3v) is 4.62. The van der Waals surface area contributed by atoms with E-state index in [1.54, 1.807) is 11.3 Å². The summed E-state index contributed by atoms with van der Waals surface area (Å²) in [6.07, 6.45) is 4.61. The number of hydrogen-bond donors (Lipinski definition) is 1. The first-order chi connectivity index (χ1) is 9.24. The van der Waals surface area contributed by atoms with Crippen molar-refractivity contribution in [1.29, 1.82) is 0 Å². The van der Waals surface area contributed by atoms with Crippen molar-refractivity contribution in [3.05, 3.63) is 39.4 Å². The van der Waals surface area contributed by atoms with E-state index >= 15 is 0 Å². The van der Waals surface area contributed by atoms with Crippen LogP contribution < -0.4 is 5.32 Å². The van der Waals surface area contributed by atoms with Gasteiger partial charge in [-0.3, -0.25) is 0 Å². The summed E-state index contributed by atoms with van der Waals surface area (Å²) < 4.78 is 3.17. The Labute approximate surface area is 123 Å². The van der Waals surface area contributed by atoms with Gasteiger partial charge in [0.25, 0.3) is 0 Å². The zero-order chi connectivity index (χ0) is 13.2. The van der Waals surface area contributed by atoms with Crippen LogP contribution in [-0.4, -0.2) is 21.1 Å². The number of anilines is 1. The molecule has 0 saturated carbocycles. The van der Waals surface area contributed by atoms with Crippen molar-refractivity contribution in [1.82, 2.24) is 14.5 Å². The van der Waals surface area contributed by atoms with Gasteiger partial charge >= 0.3 is 0 Å². The summed E-state index contributed by atoms with van der Waals surface area (Å²) in [5, 5.41) is 3.36. The minimum Gasteiger partial charge on any atom is -0.368 e. The van der Waals surface area contributed by atoms with E-state index in [2.05, 4.69) is 43.3 Å². The Bertz CT molecular complexity index is 704. The largest absolute Gasteiger partial charge is 0.368 e. The van der Waals surface area contributed by atoms with Gasteiger partial charge in [0, 0.05) is 24.7 Å². The van der Waals surface area contributed by atoms with Crippen LogP contribution in [0.4, 0.5) is 5.82 Å². The van der Waals surface area contributed by atoms with E-state index in [0.717, 1.165) is 29.8 Å². The summed E-state index contributed by atoms with van der Waals surface area (Å²) in [7, 11) is 1.99. The van der Waals surface area contributed by atoms with Crippen molar-refractivity contribution in [2.75, 3.05) is 11.9 Å². The fourth-order valence-corrected chi connectivity index (χ4v) is 3.46. The van der Waals surface area contributed by atoms with Gasteiger partial charge in [-0.1, -0.05) is 0 Å². The van der Waals surface area contributed by atoms with Crippen LogP contribution >= 0.6 is 27.3 Å². The molecule has 3 heterocycles. The monoisotopic (exact) mass is 336 g/mol. The Kier molecular flexibility index (Phi) is 3.52. The van der Waals surface area contributed by atoms with Gasteiger partial charge in [-0.05, 0) is 40.5 Å². The van der Waals surface area contributed by atoms with Crippen LogP contribution in [0.5, 0.6) is 0 Å². The summed E-state index contributed by atoms with van der Waals surface area (Å²) in [6.45, 7) is 0.857. The molecule has 0 radical (unpaired) electrons. The number of fused-ring (bicyclic) bond motifs is 1. The van der Waals surface area contributed by atoms with E-state index in [9.17, 15) is 0 Å². The molecule has 4 nitrogen and oxygen atoms in total. The van der Waals surface area contributed by atoms with Gasteiger partial charge in [-0.25, -0.2) is 9.97 Å². The van der Waals surface area contributed by atoms with Crippen LogP contribution in [0.1, 0.15) is 4.88 Å². The molecule has 3 rings (SSSR count). The molecule has 0 unspecified atom stereocenters. The lowest BCUT2D eigenvalue weighted by Crippen LogP contribution is -2.06. The predicted molar refractivity (Wildman–Crippen MR) is 82.7 cm³/mol. The molecule has 0 amide bonds. The van der Waals surface area contributed by atoms with E-state index in [0.29, 0.717) is 0 Å². The smallest absolute Gasteiger partial charge is 0.154 e. The minimum absolute atomic E-state index is 0.855. The molecule has 0 atom stereocenters. The highest BCUT2D eigenvalue weighted by molar-refractivity contribution is 9.11. The van der Waals surface area contributed by atoms with Gasteiger partial charge < -0.3 is 9.88 Å². The number of rotatable bonds is 4. The summed E-state index contributed by atoms with van der Waals surface area (Å²) in [5.41, 5.74) is 2.02. The fraction of sp³-hybridized carbons (Fsp3) is 0.231. The first-order valence-electron chi connectivity index (χ1n) is 5.98. The molecule has 98 valence electrons. The molecule has 19 heavy (non-hydrogen) atoms. The molecule has 0 saturated heterocycles. The first-order valence-corrected chi connectivity index (χ1v) is 7.59. The Morgan fingerprint density at radius 1 is 1.32 bits per heavy atom. The van der Waals surface area contributed by atoms with Crippen LogP contribution in [0.15, 0.2) is 34.5 Å². The number of nitrogens with one attached hydrogen (secondary N) is 1. The summed E-state index contributed by atoms with van der Waals surface area (Å²) in [4.78, 5) is 10.1. The summed E-state index contributed by atoms with van der Waals surface area (Å²) in [5.74, 6) is 0.855. The fourth-order valence-electron chi connectivity index (χ4n) is 1.98. The minimum atomic E-state index is 0.855. The van der Waals surface area contributed by atoms with Gasteiger partial charge in [0.2, 0.25) is 0 Å². The van der Waals surface area contributed by atoms with Gasteiger partial charge in [0.1, 0.15) is 5.52 Å². The topological polar surface area (TPSA) is 42.7 Å². The second kappa shape index (κ2) is 5.30. The highest BCUT2D eigenvalue weighted by Crippen LogP contribution is 2.23. The SMILES string of the molecule is Cn1cnc2c(NCCc3ccc(Br)s3)nccc21. The Hall–Kier alpha value is -1.40. The molecule has 0 spiro atoms. The third kappa shape index (κ3) is 2.64. The standard InChI is InChI=1S/C13H13BrN4S/c1-18-8-17-12-10(18)5-7-16-13(12)15-6-4-9-2-3-11(14)19-9/h2-3,5,7-8H,4,6H2,1H3,(H,15,16). The van der Waals surface area contributed by atoms with Gasteiger partial charge in [0.15, 0.2) is 5.82 Å². The Balaban J connectivity index is 1.71. The molecule has 6 heteroatoms. The molecular weight excluding hydrogens is 324 g/mol. The third-order valence-electron chi connectivity index (χ3n) is 2.94. The van der Waals surface area contributed by atoms with Crippen LogP contribution in [-0.2, 0) is 13.5 Å². The lowest BCUT2D eigenvalue weighted by atomic mass is 10.3. The summed E-state index contributed by atoms with van der Waals surface area (Å²) >= 11 is 5.24.